The van der Waals surface area contributed by atoms with Crippen molar-refractivity contribution >= 4 is 23.8 Å². The molecule has 2 amide bonds. The van der Waals surface area contributed by atoms with Crippen molar-refractivity contribution in [1.29, 1.82) is 0 Å². The fraction of sp³-hybridized carbons (Fsp3) is 0.667. The summed E-state index contributed by atoms with van der Waals surface area (Å²) < 4.78 is 6.86. The van der Waals surface area contributed by atoms with E-state index >= 15 is 0 Å². The standard InChI is InChI=1S/C15H22N4O3S/c1-18-7-6-16-14(18)23-12-4-2-11(3-5-12)17-13(20)10-19-8-9-22-15(19)21/h6-7,11-12H,2-5,8-10H2,1H3,(H,17,20). The highest BCUT2D eigenvalue weighted by molar-refractivity contribution is 7.99. The smallest absolute Gasteiger partial charge is 0.410 e. The molecule has 0 unspecified atom stereocenters. The number of hydrogen-bond acceptors (Lipinski definition) is 5. The molecule has 0 bridgehead atoms. The second kappa shape index (κ2) is 7.25. The van der Waals surface area contributed by atoms with E-state index in [0.717, 1.165) is 30.8 Å². The van der Waals surface area contributed by atoms with E-state index < -0.39 is 6.09 Å². The summed E-state index contributed by atoms with van der Waals surface area (Å²) in [4.78, 5) is 29.1. The SMILES string of the molecule is Cn1ccnc1SC1CCC(NC(=O)CN2CCOC2=O)CC1. The fourth-order valence-corrected chi connectivity index (χ4v) is 4.11. The predicted molar refractivity (Wildman–Crippen MR) is 86.2 cm³/mol. The molecule has 7 nitrogen and oxygen atoms in total. The van der Waals surface area contributed by atoms with Crippen molar-refractivity contribution in [1.82, 2.24) is 19.8 Å². The van der Waals surface area contributed by atoms with Crippen LogP contribution in [0.2, 0.25) is 0 Å². The number of ether oxygens (including phenoxy) is 1. The molecule has 126 valence electrons. The molecule has 0 aromatic carbocycles. The maximum Gasteiger partial charge on any atom is 0.410 e. The minimum Gasteiger partial charge on any atom is -0.448 e. The average molecular weight is 338 g/mol. The minimum atomic E-state index is -0.393. The Bertz CT molecular complexity index is 569. The second-order valence-corrected chi connectivity index (χ2v) is 7.28. The molecule has 2 aliphatic rings. The van der Waals surface area contributed by atoms with Crippen molar-refractivity contribution in [2.45, 2.75) is 42.1 Å². The number of imidazole rings is 1. The number of hydrogen-bond donors (Lipinski definition) is 1. The van der Waals surface area contributed by atoms with Crippen LogP contribution in [-0.4, -0.2) is 57.4 Å². The van der Waals surface area contributed by atoms with Crippen LogP contribution in [0.5, 0.6) is 0 Å². The number of nitrogens with one attached hydrogen (secondary N) is 1. The molecule has 0 spiro atoms. The summed E-state index contributed by atoms with van der Waals surface area (Å²) in [7, 11) is 2.00. The van der Waals surface area contributed by atoms with Crippen LogP contribution >= 0.6 is 11.8 Å². The zero-order valence-corrected chi connectivity index (χ0v) is 14.1. The number of aryl methyl sites for hydroxylation is 1. The van der Waals surface area contributed by atoms with Gasteiger partial charge in [-0.05, 0) is 25.7 Å². The van der Waals surface area contributed by atoms with Crippen LogP contribution in [0.1, 0.15) is 25.7 Å². The summed E-state index contributed by atoms with van der Waals surface area (Å²) in [6.45, 7) is 0.974. The van der Waals surface area contributed by atoms with Crippen LogP contribution < -0.4 is 5.32 Å². The highest BCUT2D eigenvalue weighted by atomic mass is 32.2. The lowest BCUT2D eigenvalue weighted by Crippen LogP contribution is -2.44. The van der Waals surface area contributed by atoms with E-state index in [1.165, 1.54) is 4.90 Å². The summed E-state index contributed by atoms with van der Waals surface area (Å²) in [6.07, 6.45) is 7.45. The maximum atomic E-state index is 12.0. The van der Waals surface area contributed by atoms with Gasteiger partial charge in [0.15, 0.2) is 5.16 Å². The summed E-state index contributed by atoms with van der Waals surface area (Å²) >= 11 is 1.81. The highest BCUT2D eigenvalue weighted by Gasteiger charge is 2.27. The largest absolute Gasteiger partial charge is 0.448 e. The Morgan fingerprint density at radius 1 is 1.43 bits per heavy atom. The van der Waals surface area contributed by atoms with Crippen LogP contribution in [0, 0.1) is 0 Å². The average Bonchev–Trinajstić information content (AvgIpc) is 3.11. The summed E-state index contributed by atoms with van der Waals surface area (Å²) in [5, 5.41) is 4.64. The van der Waals surface area contributed by atoms with E-state index in [4.69, 9.17) is 4.74 Å². The van der Waals surface area contributed by atoms with Gasteiger partial charge in [-0.3, -0.25) is 9.69 Å². The molecule has 1 N–H and O–H groups in total. The van der Waals surface area contributed by atoms with Crippen LogP contribution in [0.15, 0.2) is 17.6 Å². The van der Waals surface area contributed by atoms with Gasteiger partial charge in [-0.15, -0.1) is 0 Å². The number of carbonyl (C=O) groups is 2. The van der Waals surface area contributed by atoms with Crippen molar-refractivity contribution in [2.24, 2.45) is 7.05 Å². The Balaban J connectivity index is 1.39. The number of thioether (sulfide) groups is 1. The van der Waals surface area contributed by atoms with Crippen molar-refractivity contribution in [3.63, 3.8) is 0 Å². The number of cyclic esters (lactones) is 1. The number of rotatable bonds is 5. The van der Waals surface area contributed by atoms with Crippen LogP contribution in [0.25, 0.3) is 0 Å². The third kappa shape index (κ3) is 4.19. The van der Waals surface area contributed by atoms with Gasteiger partial charge in [-0.2, -0.15) is 0 Å². The first-order chi connectivity index (χ1) is 11.1. The Labute approximate surface area is 139 Å². The van der Waals surface area contributed by atoms with Gasteiger partial charge in [0.25, 0.3) is 0 Å². The van der Waals surface area contributed by atoms with E-state index in [1.807, 2.05) is 35.8 Å². The molecule has 1 aromatic rings. The lowest BCUT2D eigenvalue weighted by Gasteiger charge is -2.28. The Morgan fingerprint density at radius 2 is 2.22 bits per heavy atom. The molecule has 1 aliphatic carbocycles. The van der Waals surface area contributed by atoms with Crippen molar-refractivity contribution in [3.8, 4) is 0 Å². The molecule has 8 heteroatoms. The van der Waals surface area contributed by atoms with Gasteiger partial charge in [0.05, 0.1) is 6.54 Å². The van der Waals surface area contributed by atoms with Gasteiger partial charge in [-0.1, -0.05) is 11.8 Å². The van der Waals surface area contributed by atoms with Gasteiger partial charge in [0.2, 0.25) is 5.91 Å². The summed E-state index contributed by atoms with van der Waals surface area (Å²) in [5.41, 5.74) is 0. The van der Waals surface area contributed by atoms with Crippen molar-refractivity contribution < 1.29 is 14.3 Å². The van der Waals surface area contributed by atoms with Gasteiger partial charge in [-0.25, -0.2) is 9.78 Å². The normalized spacial score (nSPS) is 24.6. The quantitative estimate of drug-likeness (QED) is 0.878. The van der Waals surface area contributed by atoms with E-state index in [0.29, 0.717) is 18.4 Å². The van der Waals surface area contributed by atoms with Gasteiger partial charge in [0, 0.05) is 30.7 Å². The van der Waals surface area contributed by atoms with E-state index in [1.54, 1.807) is 0 Å². The van der Waals surface area contributed by atoms with Crippen molar-refractivity contribution in [2.75, 3.05) is 19.7 Å². The predicted octanol–water partition coefficient (Wildman–Crippen LogP) is 1.39. The number of nitrogens with zero attached hydrogens (tertiary/aromatic N) is 3. The zero-order chi connectivity index (χ0) is 16.2. The first-order valence-electron chi connectivity index (χ1n) is 7.97. The van der Waals surface area contributed by atoms with E-state index in [-0.39, 0.29) is 18.5 Å². The topological polar surface area (TPSA) is 76.5 Å². The molecule has 1 saturated carbocycles. The van der Waals surface area contributed by atoms with E-state index in [2.05, 4.69) is 10.3 Å². The lowest BCUT2D eigenvalue weighted by molar-refractivity contribution is -0.122. The number of amides is 2. The Hall–Kier alpha value is -1.70. The molecular weight excluding hydrogens is 316 g/mol. The monoisotopic (exact) mass is 338 g/mol. The van der Waals surface area contributed by atoms with Crippen LogP contribution in [-0.2, 0) is 16.6 Å². The fourth-order valence-electron chi connectivity index (χ4n) is 2.96. The summed E-state index contributed by atoms with van der Waals surface area (Å²) in [6, 6.07) is 0.208. The highest BCUT2D eigenvalue weighted by Crippen LogP contribution is 2.32. The molecule has 3 rings (SSSR count). The third-order valence-corrected chi connectivity index (χ3v) is 5.68. The first-order valence-corrected chi connectivity index (χ1v) is 8.85. The number of carbonyl (C=O) groups excluding carboxylic acids is 2. The molecule has 2 fully saturated rings. The first kappa shape index (κ1) is 16.2. The Kier molecular flexibility index (Phi) is 5.09. The van der Waals surface area contributed by atoms with Gasteiger partial charge >= 0.3 is 6.09 Å². The minimum absolute atomic E-state index is 0.0935. The van der Waals surface area contributed by atoms with E-state index in [9.17, 15) is 9.59 Å². The molecular formula is C15H22N4O3S. The van der Waals surface area contributed by atoms with Gasteiger partial charge in [0.1, 0.15) is 13.2 Å². The summed E-state index contributed by atoms with van der Waals surface area (Å²) in [5.74, 6) is -0.0935. The van der Waals surface area contributed by atoms with Crippen LogP contribution in [0.3, 0.4) is 0 Å². The van der Waals surface area contributed by atoms with Crippen molar-refractivity contribution in [3.05, 3.63) is 12.4 Å². The lowest BCUT2D eigenvalue weighted by atomic mass is 9.95. The zero-order valence-electron chi connectivity index (χ0n) is 13.2. The molecule has 0 atom stereocenters. The molecule has 2 heterocycles. The molecule has 1 saturated heterocycles. The molecule has 1 aromatic heterocycles. The molecule has 0 radical (unpaired) electrons. The molecule has 23 heavy (non-hydrogen) atoms. The van der Waals surface area contributed by atoms with Gasteiger partial charge < -0.3 is 14.6 Å². The van der Waals surface area contributed by atoms with Crippen LogP contribution in [0.4, 0.5) is 4.79 Å². The third-order valence-electron chi connectivity index (χ3n) is 4.27. The molecule has 1 aliphatic heterocycles. The maximum absolute atomic E-state index is 12.0. The Morgan fingerprint density at radius 3 is 2.83 bits per heavy atom. The second-order valence-electron chi connectivity index (χ2n) is 6.02. The number of aromatic nitrogens is 2.